The van der Waals surface area contributed by atoms with Gasteiger partial charge in [0.25, 0.3) is 5.91 Å². The molecule has 6 nitrogen and oxygen atoms in total. The fourth-order valence-electron chi connectivity index (χ4n) is 3.69. The van der Waals surface area contributed by atoms with E-state index in [2.05, 4.69) is 4.98 Å². The molecule has 0 spiro atoms. The zero-order valence-corrected chi connectivity index (χ0v) is 19.8. The standard InChI is InChI=1S/C28H32N2O4/c1-21(2)30(28(33)23-15-13-22(14-16-23)24-10-8-17-29-19-24)20-25-9-5-6-11-26(25)34-18-7-3-4-12-27(31)32/h5-6,8-11,13-17,19,21H,3-4,7,12,18,20H2,1-2H3,(H,31,32). The number of ether oxygens (including phenoxy) is 1. The highest BCUT2D eigenvalue weighted by atomic mass is 16.5. The largest absolute Gasteiger partial charge is 0.493 e. The summed E-state index contributed by atoms with van der Waals surface area (Å²) in [4.78, 5) is 30.0. The van der Waals surface area contributed by atoms with Gasteiger partial charge in [-0.3, -0.25) is 14.6 Å². The van der Waals surface area contributed by atoms with Crippen molar-refractivity contribution in [3.05, 3.63) is 84.2 Å². The molecule has 3 rings (SSSR count). The summed E-state index contributed by atoms with van der Waals surface area (Å²) in [5, 5.41) is 8.74. The Bertz CT molecular complexity index is 1070. The molecule has 0 saturated heterocycles. The minimum atomic E-state index is -0.767. The summed E-state index contributed by atoms with van der Waals surface area (Å²) >= 11 is 0. The number of para-hydroxylation sites is 1. The molecule has 3 aromatic rings. The highest BCUT2D eigenvalue weighted by Crippen LogP contribution is 2.24. The van der Waals surface area contributed by atoms with Crippen molar-refractivity contribution in [3.8, 4) is 16.9 Å². The van der Waals surface area contributed by atoms with E-state index < -0.39 is 5.97 Å². The van der Waals surface area contributed by atoms with Gasteiger partial charge in [-0.25, -0.2) is 0 Å². The van der Waals surface area contributed by atoms with Crippen LogP contribution in [0.15, 0.2) is 73.1 Å². The van der Waals surface area contributed by atoms with Gasteiger partial charge in [0.1, 0.15) is 5.75 Å². The number of benzene rings is 2. The second kappa shape index (κ2) is 12.5. The van der Waals surface area contributed by atoms with Crippen LogP contribution in [0.5, 0.6) is 5.75 Å². The Morgan fingerprint density at radius 3 is 2.38 bits per heavy atom. The molecule has 0 radical (unpaired) electrons. The van der Waals surface area contributed by atoms with Crippen molar-refractivity contribution in [2.45, 2.75) is 52.1 Å². The second-order valence-electron chi connectivity index (χ2n) is 8.51. The molecule has 0 saturated carbocycles. The number of hydrogen-bond donors (Lipinski definition) is 1. The Balaban J connectivity index is 1.66. The van der Waals surface area contributed by atoms with Crippen LogP contribution in [-0.2, 0) is 11.3 Å². The van der Waals surface area contributed by atoms with Crippen molar-refractivity contribution < 1.29 is 19.4 Å². The lowest BCUT2D eigenvalue weighted by molar-refractivity contribution is -0.137. The summed E-state index contributed by atoms with van der Waals surface area (Å²) in [6.07, 6.45) is 5.97. The molecule has 0 aliphatic rings. The summed E-state index contributed by atoms with van der Waals surface area (Å²) in [5.74, 6) is -0.0428. The zero-order chi connectivity index (χ0) is 24.3. The lowest BCUT2D eigenvalue weighted by atomic mass is 10.0. The van der Waals surface area contributed by atoms with Crippen LogP contribution in [0.1, 0.15) is 55.5 Å². The van der Waals surface area contributed by atoms with Crippen molar-refractivity contribution >= 4 is 11.9 Å². The molecular weight excluding hydrogens is 428 g/mol. The molecular formula is C28H32N2O4. The third-order valence-corrected chi connectivity index (χ3v) is 5.62. The Hall–Kier alpha value is -3.67. The number of carbonyl (C=O) groups excluding carboxylic acids is 1. The quantitative estimate of drug-likeness (QED) is 0.344. The van der Waals surface area contributed by atoms with Crippen molar-refractivity contribution in [2.24, 2.45) is 0 Å². The van der Waals surface area contributed by atoms with E-state index in [-0.39, 0.29) is 18.4 Å². The first-order valence-electron chi connectivity index (χ1n) is 11.7. The van der Waals surface area contributed by atoms with Gasteiger partial charge >= 0.3 is 5.97 Å². The van der Waals surface area contributed by atoms with Crippen LogP contribution >= 0.6 is 0 Å². The second-order valence-corrected chi connectivity index (χ2v) is 8.51. The Labute approximate surface area is 201 Å². The van der Waals surface area contributed by atoms with E-state index in [1.807, 2.05) is 79.4 Å². The van der Waals surface area contributed by atoms with Gasteiger partial charge in [0.05, 0.1) is 6.61 Å². The van der Waals surface area contributed by atoms with Gasteiger partial charge in [-0.05, 0) is 68.5 Å². The lowest BCUT2D eigenvalue weighted by Crippen LogP contribution is -2.36. The fraction of sp³-hybridized carbons (Fsp3) is 0.321. The van der Waals surface area contributed by atoms with Gasteiger partial charge < -0.3 is 14.7 Å². The van der Waals surface area contributed by atoms with Crippen molar-refractivity contribution in [2.75, 3.05) is 6.61 Å². The number of carbonyl (C=O) groups is 2. The molecule has 2 aromatic carbocycles. The maximum Gasteiger partial charge on any atom is 0.303 e. The van der Waals surface area contributed by atoms with E-state index in [9.17, 15) is 9.59 Å². The van der Waals surface area contributed by atoms with Crippen molar-refractivity contribution in [1.82, 2.24) is 9.88 Å². The van der Waals surface area contributed by atoms with Crippen LogP contribution in [0.2, 0.25) is 0 Å². The third kappa shape index (κ3) is 7.17. The summed E-state index contributed by atoms with van der Waals surface area (Å²) in [6, 6.07) is 19.3. The Morgan fingerprint density at radius 1 is 0.941 bits per heavy atom. The average molecular weight is 461 g/mol. The monoisotopic (exact) mass is 460 g/mol. The van der Waals surface area contributed by atoms with Crippen LogP contribution in [0.3, 0.4) is 0 Å². The van der Waals surface area contributed by atoms with Gasteiger partial charge in [0, 0.05) is 42.5 Å². The van der Waals surface area contributed by atoms with E-state index in [1.165, 1.54) is 0 Å². The molecule has 6 heteroatoms. The number of pyridine rings is 1. The summed E-state index contributed by atoms with van der Waals surface area (Å²) < 4.78 is 5.98. The van der Waals surface area contributed by atoms with E-state index in [0.717, 1.165) is 35.3 Å². The normalized spacial score (nSPS) is 10.8. The molecule has 0 aliphatic carbocycles. The van der Waals surface area contributed by atoms with Gasteiger partial charge in [0.15, 0.2) is 0 Å². The lowest BCUT2D eigenvalue weighted by Gasteiger charge is -2.28. The number of carboxylic acid groups (broad SMARTS) is 1. The smallest absolute Gasteiger partial charge is 0.303 e. The highest BCUT2D eigenvalue weighted by molar-refractivity contribution is 5.95. The molecule has 0 unspecified atom stereocenters. The Morgan fingerprint density at radius 2 is 1.71 bits per heavy atom. The number of rotatable bonds is 12. The van der Waals surface area contributed by atoms with Crippen LogP contribution in [0.25, 0.3) is 11.1 Å². The minimum absolute atomic E-state index is 0.00887. The highest BCUT2D eigenvalue weighted by Gasteiger charge is 2.20. The van der Waals surface area contributed by atoms with E-state index in [4.69, 9.17) is 9.84 Å². The molecule has 0 bridgehead atoms. The number of amides is 1. The predicted octanol–water partition coefficient (Wildman–Crippen LogP) is 5.82. The minimum Gasteiger partial charge on any atom is -0.493 e. The van der Waals surface area contributed by atoms with E-state index in [0.29, 0.717) is 25.1 Å². The van der Waals surface area contributed by atoms with Gasteiger partial charge in [-0.1, -0.05) is 36.4 Å². The number of carboxylic acids is 1. The van der Waals surface area contributed by atoms with Crippen LogP contribution < -0.4 is 4.74 Å². The van der Waals surface area contributed by atoms with E-state index >= 15 is 0 Å². The maximum atomic E-state index is 13.4. The van der Waals surface area contributed by atoms with Crippen molar-refractivity contribution in [3.63, 3.8) is 0 Å². The number of unbranched alkanes of at least 4 members (excludes halogenated alkanes) is 2. The number of nitrogens with zero attached hydrogens (tertiary/aromatic N) is 2. The first kappa shape index (κ1) is 25.0. The first-order valence-corrected chi connectivity index (χ1v) is 11.7. The van der Waals surface area contributed by atoms with E-state index in [1.54, 1.807) is 12.4 Å². The maximum absolute atomic E-state index is 13.4. The van der Waals surface area contributed by atoms with Crippen LogP contribution in [0, 0.1) is 0 Å². The molecule has 0 atom stereocenters. The SMILES string of the molecule is CC(C)N(Cc1ccccc1OCCCCCC(=O)O)C(=O)c1ccc(-c2cccnc2)cc1. The molecule has 1 heterocycles. The summed E-state index contributed by atoms with van der Waals surface area (Å²) in [5.41, 5.74) is 3.61. The third-order valence-electron chi connectivity index (χ3n) is 5.62. The summed E-state index contributed by atoms with van der Waals surface area (Å²) in [7, 11) is 0. The summed E-state index contributed by atoms with van der Waals surface area (Å²) in [6.45, 7) is 4.97. The van der Waals surface area contributed by atoms with Crippen LogP contribution in [-0.4, -0.2) is 39.5 Å². The fourth-order valence-corrected chi connectivity index (χ4v) is 3.69. The van der Waals surface area contributed by atoms with Crippen LogP contribution in [0.4, 0.5) is 0 Å². The van der Waals surface area contributed by atoms with Gasteiger partial charge in [-0.2, -0.15) is 0 Å². The first-order chi connectivity index (χ1) is 16.5. The Kier molecular flexibility index (Phi) is 9.21. The molecule has 178 valence electrons. The average Bonchev–Trinajstić information content (AvgIpc) is 2.85. The number of aromatic nitrogens is 1. The molecule has 0 aliphatic heterocycles. The topological polar surface area (TPSA) is 79.7 Å². The molecule has 0 fully saturated rings. The molecule has 1 aromatic heterocycles. The number of hydrogen-bond acceptors (Lipinski definition) is 4. The van der Waals surface area contributed by atoms with Gasteiger partial charge in [0.2, 0.25) is 0 Å². The molecule has 34 heavy (non-hydrogen) atoms. The van der Waals surface area contributed by atoms with Crippen molar-refractivity contribution in [1.29, 1.82) is 0 Å². The predicted molar refractivity (Wildman–Crippen MR) is 133 cm³/mol. The van der Waals surface area contributed by atoms with Gasteiger partial charge in [-0.15, -0.1) is 0 Å². The zero-order valence-electron chi connectivity index (χ0n) is 19.8. The molecule has 1 amide bonds. The number of aliphatic carboxylic acids is 1. The molecule has 1 N–H and O–H groups in total.